The molecule has 1 aliphatic rings. The zero-order valence-corrected chi connectivity index (χ0v) is 15.6. The lowest BCUT2D eigenvalue weighted by molar-refractivity contribution is 0.502. The summed E-state index contributed by atoms with van der Waals surface area (Å²) in [5.74, 6) is 1.66. The molecule has 6 heteroatoms. The van der Waals surface area contributed by atoms with E-state index in [2.05, 4.69) is 52.1 Å². The molecule has 0 radical (unpaired) electrons. The molecule has 4 aromatic rings. The molecule has 1 saturated heterocycles. The highest BCUT2D eigenvalue weighted by atomic mass is 32.1. The van der Waals surface area contributed by atoms with Crippen LogP contribution in [-0.2, 0) is 0 Å². The van der Waals surface area contributed by atoms with Crippen LogP contribution in [0.1, 0.15) is 28.6 Å². The molecule has 0 bridgehead atoms. The summed E-state index contributed by atoms with van der Waals surface area (Å²) in [4.78, 5) is 18.7. The van der Waals surface area contributed by atoms with E-state index in [1.165, 1.54) is 20.0 Å². The second-order valence-electron chi connectivity index (χ2n) is 6.55. The van der Waals surface area contributed by atoms with Gasteiger partial charge in [-0.05, 0) is 38.0 Å². The van der Waals surface area contributed by atoms with Gasteiger partial charge in [-0.2, -0.15) is 0 Å². The Kier molecular flexibility index (Phi) is 3.68. The molecule has 5 rings (SSSR count). The second kappa shape index (κ2) is 6.04. The number of hydrogen-bond donors (Lipinski definition) is 0. The molecular formula is C19H18N4S2. The molecule has 4 nitrogen and oxygen atoms in total. The van der Waals surface area contributed by atoms with E-state index in [0.717, 1.165) is 42.1 Å². The number of rotatable bonds is 2. The minimum atomic E-state index is 0.565. The Balaban J connectivity index is 1.38. The van der Waals surface area contributed by atoms with Crippen LogP contribution in [0.5, 0.6) is 0 Å². The average molecular weight is 367 g/mol. The lowest BCUT2D eigenvalue weighted by atomic mass is 9.97. The average Bonchev–Trinajstić information content (AvgIpc) is 3.24. The number of anilines is 1. The van der Waals surface area contributed by atoms with Gasteiger partial charge < -0.3 is 4.90 Å². The molecule has 0 amide bonds. The molecule has 0 saturated carbocycles. The third-order valence-corrected chi connectivity index (χ3v) is 7.04. The van der Waals surface area contributed by atoms with Crippen molar-refractivity contribution in [1.29, 1.82) is 0 Å². The highest BCUT2D eigenvalue weighted by Gasteiger charge is 2.25. The fourth-order valence-corrected chi connectivity index (χ4v) is 5.60. The highest BCUT2D eigenvalue weighted by molar-refractivity contribution is 7.19. The number of fused-ring (bicyclic) bond motifs is 2. The summed E-state index contributed by atoms with van der Waals surface area (Å²) in [6.07, 6.45) is 3.97. The Morgan fingerprint density at radius 2 is 1.92 bits per heavy atom. The molecular weight excluding hydrogens is 348 g/mol. The third kappa shape index (κ3) is 2.69. The van der Waals surface area contributed by atoms with Crippen LogP contribution in [0.4, 0.5) is 5.82 Å². The van der Waals surface area contributed by atoms with Crippen LogP contribution in [0.25, 0.3) is 20.4 Å². The predicted octanol–water partition coefficient (Wildman–Crippen LogP) is 4.99. The van der Waals surface area contributed by atoms with Crippen LogP contribution in [-0.4, -0.2) is 28.0 Å². The van der Waals surface area contributed by atoms with Gasteiger partial charge in [-0.25, -0.2) is 15.0 Å². The van der Waals surface area contributed by atoms with E-state index in [4.69, 9.17) is 4.98 Å². The van der Waals surface area contributed by atoms with Crippen LogP contribution in [0.3, 0.4) is 0 Å². The fourth-order valence-electron chi connectivity index (χ4n) is 3.62. The van der Waals surface area contributed by atoms with Crippen molar-refractivity contribution in [3.63, 3.8) is 0 Å². The summed E-state index contributed by atoms with van der Waals surface area (Å²) in [5, 5.41) is 2.49. The molecule has 4 heterocycles. The second-order valence-corrected chi connectivity index (χ2v) is 8.85. The van der Waals surface area contributed by atoms with E-state index in [0.29, 0.717) is 5.92 Å². The van der Waals surface area contributed by atoms with Crippen LogP contribution in [0.15, 0.2) is 36.7 Å². The van der Waals surface area contributed by atoms with Gasteiger partial charge in [-0.15, -0.1) is 22.7 Å². The lowest BCUT2D eigenvalue weighted by Crippen LogP contribution is -2.33. The van der Waals surface area contributed by atoms with Gasteiger partial charge in [0.05, 0.1) is 20.6 Å². The Morgan fingerprint density at radius 3 is 2.76 bits per heavy atom. The molecule has 25 heavy (non-hydrogen) atoms. The summed E-state index contributed by atoms with van der Waals surface area (Å²) in [6, 6.07) is 10.7. The quantitative estimate of drug-likeness (QED) is 0.501. The molecule has 0 N–H and O–H groups in total. The van der Waals surface area contributed by atoms with Crippen molar-refractivity contribution in [1.82, 2.24) is 15.0 Å². The van der Waals surface area contributed by atoms with Crippen molar-refractivity contribution in [2.24, 2.45) is 0 Å². The van der Waals surface area contributed by atoms with Crippen LogP contribution in [0, 0.1) is 6.92 Å². The van der Waals surface area contributed by atoms with E-state index in [-0.39, 0.29) is 0 Å². The van der Waals surface area contributed by atoms with Crippen molar-refractivity contribution in [3.8, 4) is 0 Å². The molecule has 0 spiro atoms. The summed E-state index contributed by atoms with van der Waals surface area (Å²) >= 11 is 3.60. The Labute approximate surface area is 154 Å². The van der Waals surface area contributed by atoms with Gasteiger partial charge in [0.25, 0.3) is 0 Å². The SMILES string of the molecule is Cc1cc2c(N3CCC(c4nc5ccccc5s4)CC3)ncnc2s1. The molecule has 1 aromatic carbocycles. The molecule has 126 valence electrons. The third-order valence-electron chi connectivity index (χ3n) is 4.89. The zero-order chi connectivity index (χ0) is 16.8. The lowest BCUT2D eigenvalue weighted by Gasteiger charge is -2.32. The van der Waals surface area contributed by atoms with Gasteiger partial charge in [0, 0.05) is 23.9 Å². The number of thiophene rings is 1. The summed E-state index contributed by atoms with van der Waals surface area (Å²) in [6.45, 7) is 4.19. The maximum absolute atomic E-state index is 4.86. The number of hydrogen-bond acceptors (Lipinski definition) is 6. The number of aryl methyl sites for hydroxylation is 1. The summed E-state index contributed by atoms with van der Waals surface area (Å²) in [7, 11) is 0. The van der Waals surface area contributed by atoms with Crippen LogP contribution >= 0.6 is 22.7 Å². The van der Waals surface area contributed by atoms with E-state index in [1.54, 1.807) is 17.7 Å². The first-order valence-corrected chi connectivity index (χ1v) is 10.2. The van der Waals surface area contributed by atoms with Gasteiger partial charge in [0.1, 0.15) is 17.0 Å². The van der Waals surface area contributed by atoms with Crippen molar-refractivity contribution >= 4 is 48.9 Å². The highest BCUT2D eigenvalue weighted by Crippen LogP contribution is 2.36. The minimum absolute atomic E-state index is 0.565. The molecule has 1 fully saturated rings. The van der Waals surface area contributed by atoms with Gasteiger partial charge in [-0.3, -0.25) is 0 Å². The summed E-state index contributed by atoms with van der Waals surface area (Å²) < 4.78 is 1.30. The number of aromatic nitrogens is 3. The topological polar surface area (TPSA) is 41.9 Å². The largest absolute Gasteiger partial charge is 0.356 e. The first-order chi connectivity index (χ1) is 12.3. The van der Waals surface area contributed by atoms with Gasteiger partial charge in [0.15, 0.2) is 0 Å². The summed E-state index contributed by atoms with van der Waals surface area (Å²) in [5.41, 5.74) is 1.14. The number of benzene rings is 1. The predicted molar refractivity (Wildman–Crippen MR) is 106 cm³/mol. The van der Waals surface area contributed by atoms with Crippen LogP contribution in [0.2, 0.25) is 0 Å². The Hall–Kier alpha value is -2.05. The smallest absolute Gasteiger partial charge is 0.140 e. The van der Waals surface area contributed by atoms with Crippen molar-refractivity contribution < 1.29 is 0 Å². The number of piperidine rings is 1. The van der Waals surface area contributed by atoms with Gasteiger partial charge in [-0.1, -0.05) is 12.1 Å². The molecule has 0 aliphatic carbocycles. The maximum atomic E-state index is 4.86. The number of nitrogens with zero attached hydrogens (tertiary/aromatic N) is 4. The molecule has 1 aliphatic heterocycles. The first kappa shape index (κ1) is 15.2. The minimum Gasteiger partial charge on any atom is -0.356 e. The monoisotopic (exact) mass is 366 g/mol. The van der Waals surface area contributed by atoms with E-state index >= 15 is 0 Å². The maximum Gasteiger partial charge on any atom is 0.140 e. The van der Waals surface area contributed by atoms with Gasteiger partial charge in [0.2, 0.25) is 0 Å². The van der Waals surface area contributed by atoms with Crippen LogP contribution < -0.4 is 4.90 Å². The number of para-hydroxylation sites is 1. The molecule has 3 aromatic heterocycles. The van der Waals surface area contributed by atoms with E-state index < -0.39 is 0 Å². The zero-order valence-electron chi connectivity index (χ0n) is 14.0. The first-order valence-electron chi connectivity index (χ1n) is 8.59. The van der Waals surface area contributed by atoms with E-state index in [1.807, 2.05) is 11.3 Å². The molecule has 0 unspecified atom stereocenters. The fraction of sp³-hybridized carbons (Fsp3) is 0.316. The van der Waals surface area contributed by atoms with E-state index in [9.17, 15) is 0 Å². The Morgan fingerprint density at radius 1 is 1.08 bits per heavy atom. The number of thiazole rings is 1. The standard InChI is InChI=1S/C19H18N4S2/c1-12-10-14-17(20-11-21-19(14)24-12)23-8-6-13(7-9-23)18-22-15-4-2-3-5-16(15)25-18/h2-5,10-11,13H,6-9H2,1H3. The van der Waals surface area contributed by atoms with Crippen molar-refractivity contribution in [3.05, 3.63) is 46.5 Å². The van der Waals surface area contributed by atoms with Crippen molar-refractivity contribution in [2.45, 2.75) is 25.7 Å². The Bertz CT molecular complexity index is 1010. The molecule has 0 atom stereocenters. The van der Waals surface area contributed by atoms with Crippen molar-refractivity contribution in [2.75, 3.05) is 18.0 Å². The van der Waals surface area contributed by atoms with Gasteiger partial charge >= 0.3 is 0 Å². The normalized spacial score (nSPS) is 16.1.